The van der Waals surface area contributed by atoms with Gasteiger partial charge in [-0.05, 0) is 24.3 Å². The third-order valence-electron chi connectivity index (χ3n) is 3.88. The first kappa shape index (κ1) is 13.0. The Morgan fingerprint density at radius 2 is 1.82 bits per heavy atom. The van der Waals surface area contributed by atoms with Gasteiger partial charge in [0.1, 0.15) is 5.82 Å². The van der Waals surface area contributed by atoms with Gasteiger partial charge in [0.05, 0.1) is 16.6 Å². The predicted octanol–water partition coefficient (Wildman–Crippen LogP) is 3.21. The molecule has 4 aromatic rings. The van der Waals surface area contributed by atoms with E-state index in [4.69, 9.17) is 10.7 Å². The number of pyridine rings is 1. The minimum atomic E-state index is 0.575. The molecule has 0 aliphatic rings. The van der Waals surface area contributed by atoms with Crippen LogP contribution in [0.3, 0.4) is 0 Å². The highest BCUT2D eigenvalue weighted by atomic mass is 15.1. The standard InChI is InChI=1S/C18H16N4/c19-10-12-22-16-9-2-1-8-15(16)21-18(22)14-7-3-5-13-6-4-11-20-17(13)14/h1-9,11H,10,12,19H2. The molecule has 4 nitrogen and oxygen atoms in total. The fraction of sp³-hybridized carbons (Fsp3) is 0.111. The normalized spacial score (nSPS) is 11.3. The van der Waals surface area contributed by atoms with Gasteiger partial charge in [-0.1, -0.05) is 30.3 Å². The van der Waals surface area contributed by atoms with Crippen molar-refractivity contribution in [2.75, 3.05) is 6.54 Å². The number of hydrogen-bond donors (Lipinski definition) is 1. The molecule has 2 N–H and O–H groups in total. The third kappa shape index (κ3) is 1.96. The van der Waals surface area contributed by atoms with Gasteiger partial charge in [-0.2, -0.15) is 0 Å². The highest BCUT2D eigenvalue weighted by molar-refractivity contribution is 5.94. The number of nitrogens with zero attached hydrogens (tertiary/aromatic N) is 3. The monoisotopic (exact) mass is 288 g/mol. The molecule has 0 saturated carbocycles. The Bertz CT molecular complexity index is 950. The molecule has 2 aromatic heterocycles. The average Bonchev–Trinajstić information content (AvgIpc) is 2.93. The van der Waals surface area contributed by atoms with Crippen molar-refractivity contribution >= 4 is 21.9 Å². The Balaban J connectivity index is 2.06. The fourth-order valence-corrected chi connectivity index (χ4v) is 2.92. The van der Waals surface area contributed by atoms with Gasteiger partial charge in [-0.3, -0.25) is 4.98 Å². The number of para-hydroxylation sites is 3. The first-order valence-corrected chi connectivity index (χ1v) is 7.38. The van der Waals surface area contributed by atoms with E-state index in [0.29, 0.717) is 6.54 Å². The van der Waals surface area contributed by atoms with E-state index in [-0.39, 0.29) is 0 Å². The van der Waals surface area contributed by atoms with Crippen molar-refractivity contribution in [1.82, 2.24) is 14.5 Å². The molecule has 4 rings (SSSR count). The molecule has 0 aliphatic heterocycles. The van der Waals surface area contributed by atoms with Gasteiger partial charge in [0.25, 0.3) is 0 Å². The quantitative estimate of drug-likeness (QED) is 0.630. The molecule has 2 aromatic carbocycles. The van der Waals surface area contributed by atoms with Gasteiger partial charge in [0.15, 0.2) is 0 Å². The molecule has 0 saturated heterocycles. The summed E-state index contributed by atoms with van der Waals surface area (Å²) in [7, 11) is 0. The van der Waals surface area contributed by atoms with Gasteiger partial charge < -0.3 is 10.3 Å². The Kier molecular flexibility index (Phi) is 3.09. The maximum atomic E-state index is 5.81. The van der Waals surface area contributed by atoms with Crippen LogP contribution in [-0.2, 0) is 6.54 Å². The summed E-state index contributed by atoms with van der Waals surface area (Å²) in [5.41, 5.74) is 9.91. The van der Waals surface area contributed by atoms with Crippen LogP contribution >= 0.6 is 0 Å². The molecule has 108 valence electrons. The van der Waals surface area contributed by atoms with E-state index >= 15 is 0 Å². The van der Waals surface area contributed by atoms with Gasteiger partial charge in [0, 0.05) is 30.2 Å². The molecule has 22 heavy (non-hydrogen) atoms. The van der Waals surface area contributed by atoms with E-state index < -0.39 is 0 Å². The number of aromatic nitrogens is 3. The first-order valence-electron chi connectivity index (χ1n) is 7.38. The number of hydrogen-bond acceptors (Lipinski definition) is 3. The lowest BCUT2D eigenvalue weighted by Gasteiger charge is -2.09. The molecule has 4 heteroatoms. The lowest BCUT2D eigenvalue weighted by Crippen LogP contribution is -2.11. The molecule has 0 radical (unpaired) electrons. The summed E-state index contributed by atoms with van der Waals surface area (Å²) in [5.74, 6) is 0.927. The van der Waals surface area contributed by atoms with Crippen LogP contribution in [0.15, 0.2) is 60.8 Å². The number of benzene rings is 2. The molecule has 0 fully saturated rings. The smallest absolute Gasteiger partial charge is 0.143 e. The highest BCUT2D eigenvalue weighted by Gasteiger charge is 2.14. The molecular weight excluding hydrogens is 272 g/mol. The van der Waals surface area contributed by atoms with E-state index in [0.717, 1.165) is 39.9 Å². The third-order valence-corrected chi connectivity index (χ3v) is 3.88. The summed E-state index contributed by atoms with van der Waals surface area (Å²) in [6.07, 6.45) is 1.82. The molecular formula is C18H16N4. The molecule has 0 bridgehead atoms. The Morgan fingerprint density at radius 1 is 0.955 bits per heavy atom. The topological polar surface area (TPSA) is 56.7 Å². The van der Waals surface area contributed by atoms with E-state index in [1.807, 2.05) is 36.5 Å². The second-order valence-corrected chi connectivity index (χ2v) is 5.25. The van der Waals surface area contributed by atoms with Crippen molar-refractivity contribution in [3.8, 4) is 11.4 Å². The predicted molar refractivity (Wildman–Crippen MR) is 89.5 cm³/mol. The minimum Gasteiger partial charge on any atom is -0.329 e. The SMILES string of the molecule is NCCn1c(-c2cccc3cccnc23)nc2ccccc21. The lowest BCUT2D eigenvalue weighted by atomic mass is 10.1. The molecule has 0 aliphatic carbocycles. The summed E-state index contributed by atoms with van der Waals surface area (Å²) >= 11 is 0. The summed E-state index contributed by atoms with van der Waals surface area (Å²) in [4.78, 5) is 9.36. The van der Waals surface area contributed by atoms with Crippen LogP contribution < -0.4 is 5.73 Å². The summed E-state index contributed by atoms with van der Waals surface area (Å²) in [6, 6.07) is 18.4. The Labute approximate surface area is 128 Å². The van der Waals surface area contributed by atoms with Crippen LogP contribution in [0.5, 0.6) is 0 Å². The maximum Gasteiger partial charge on any atom is 0.143 e. The van der Waals surface area contributed by atoms with E-state index in [2.05, 4.69) is 33.8 Å². The highest BCUT2D eigenvalue weighted by Crippen LogP contribution is 2.29. The average molecular weight is 288 g/mol. The van der Waals surface area contributed by atoms with E-state index in [9.17, 15) is 0 Å². The maximum absolute atomic E-state index is 5.81. The van der Waals surface area contributed by atoms with Crippen molar-refractivity contribution < 1.29 is 0 Å². The van der Waals surface area contributed by atoms with Gasteiger partial charge in [0.2, 0.25) is 0 Å². The van der Waals surface area contributed by atoms with E-state index in [1.54, 1.807) is 0 Å². The van der Waals surface area contributed by atoms with Crippen molar-refractivity contribution in [2.24, 2.45) is 5.73 Å². The van der Waals surface area contributed by atoms with Crippen molar-refractivity contribution in [2.45, 2.75) is 6.54 Å². The number of rotatable bonds is 3. The van der Waals surface area contributed by atoms with Crippen molar-refractivity contribution in [1.29, 1.82) is 0 Å². The Morgan fingerprint density at radius 3 is 2.73 bits per heavy atom. The molecule has 0 amide bonds. The zero-order valence-electron chi connectivity index (χ0n) is 12.1. The summed E-state index contributed by atoms with van der Waals surface area (Å²) in [6.45, 7) is 1.31. The largest absolute Gasteiger partial charge is 0.329 e. The van der Waals surface area contributed by atoms with Crippen molar-refractivity contribution in [3.63, 3.8) is 0 Å². The van der Waals surface area contributed by atoms with Crippen molar-refractivity contribution in [3.05, 3.63) is 60.8 Å². The second-order valence-electron chi connectivity index (χ2n) is 5.25. The van der Waals surface area contributed by atoms with Crippen LogP contribution in [0, 0.1) is 0 Å². The number of imidazole rings is 1. The summed E-state index contributed by atoms with van der Waals surface area (Å²) in [5, 5.41) is 1.12. The van der Waals surface area contributed by atoms with Gasteiger partial charge >= 0.3 is 0 Å². The minimum absolute atomic E-state index is 0.575. The Hall–Kier alpha value is -2.72. The lowest BCUT2D eigenvalue weighted by molar-refractivity contribution is 0.736. The second kappa shape index (κ2) is 5.24. The number of nitrogens with two attached hydrogens (primary N) is 1. The van der Waals surface area contributed by atoms with Crippen LogP contribution in [0.2, 0.25) is 0 Å². The van der Waals surface area contributed by atoms with Gasteiger partial charge in [-0.15, -0.1) is 0 Å². The molecule has 0 atom stereocenters. The molecule has 0 spiro atoms. The zero-order valence-corrected chi connectivity index (χ0v) is 12.1. The number of fused-ring (bicyclic) bond motifs is 2. The van der Waals surface area contributed by atoms with Crippen LogP contribution in [0.25, 0.3) is 33.3 Å². The van der Waals surface area contributed by atoms with E-state index in [1.165, 1.54) is 0 Å². The first-order chi connectivity index (χ1) is 10.9. The molecule has 2 heterocycles. The summed E-state index contributed by atoms with van der Waals surface area (Å²) < 4.78 is 2.18. The molecule has 0 unspecified atom stereocenters. The zero-order chi connectivity index (χ0) is 14.9. The van der Waals surface area contributed by atoms with Crippen LogP contribution in [-0.4, -0.2) is 21.1 Å². The van der Waals surface area contributed by atoms with Crippen LogP contribution in [0.4, 0.5) is 0 Å². The van der Waals surface area contributed by atoms with Gasteiger partial charge in [-0.25, -0.2) is 4.98 Å². The fourth-order valence-electron chi connectivity index (χ4n) is 2.92. The van der Waals surface area contributed by atoms with Crippen LogP contribution in [0.1, 0.15) is 0 Å².